The van der Waals surface area contributed by atoms with Crippen molar-refractivity contribution in [2.75, 3.05) is 92.4 Å². The Morgan fingerprint density at radius 2 is 1.00 bits per heavy atom. The quantitative estimate of drug-likeness (QED) is 0.150. The minimum atomic E-state index is -0.545. The fourth-order valence-electron chi connectivity index (χ4n) is 4.60. The molecule has 0 atom stereocenters. The predicted octanol–water partition coefficient (Wildman–Crippen LogP) is 1.80. The first kappa shape index (κ1) is 31.3. The summed E-state index contributed by atoms with van der Waals surface area (Å²) in [7, 11) is 10.1. The van der Waals surface area contributed by atoms with Crippen molar-refractivity contribution in [3.8, 4) is 11.5 Å². The molecule has 0 saturated carbocycles. The lowest BCUT2D eigenvalue weighted by molar-refractivity contribution is -0.113. The highest BCUT2D eigenvalue weighted by atomic mass is 16.7. The summed E-state index contributed by atoms with van der Waals surface area (Å²) >= 11 is 0. The summed E-state index contributed by atoms with van der Waals surface area (Å²) in [6, 6.07) is 5.89. The molecular weight excluding hydrogens is 520 g/mol. The average molecular weight is 561 g/mol. The van der Waals surface area contributed by atoms with Gasteiger partial charge in [-0.25, -0.2) is 0 Å². The van der Waals surface area contributed by atoms with Crippen LogP contribution in [-0.2, 0) is 18.9 Å². The molecule has 40 heavy (non-hydrogen) atoms. The number of rotatable bonds is 16. The minimum absolute atomic E-state index is 0.143. The fraction of sp³-hybridized carbons (Fsp3) is 0.500. The second-order valence-corrected chi connectivity index (χ2v) is 9.60. The zero-order chi connectivity index (χ0) is 29.4. The molecule has 0 fully saturated rings. The van der Waals surface area contributed by atoms with Crippen molar-refractivity contribution in [1.82, 2.24) is 9.80 Å². The number of phenolic OH excluding ortho intramolecular Hbond substituents is 2. The molecule has 0 unspecified atom stereocenters. The summed E-state index contributed by atoms with van der Waals surface area (Å²) in [4.78, 5) is 31.5. The van der Waals surface area contributed by atoms with Crippen LogP contribution in [0, 0.1) is 0 Å². The highest BCUT2D eigenvalue weighted by molar-refractivity contribution is 6.33. The highest BCUT2D eigenvalue weighted by Gasteiger charge is 2.38. The summed E-state index contributed by atoms with van der Waals surface area (Å²) in [6.45, 7) is 3.19. The largest absolute Gasteiger partial charge is 0.507 e. The SMILES string of the molecule is COC(CN(C)CCNc1ccc(NCCN(C)CC(OC)OC)c2c1C(=O)c1c(O)ccc(O)c1C2=O)OC. The second kappa shape index (κ2) is 14.4. The van der Waals surface area contributed by atoms with Crippen LogP contribution in [0.3, 0.4) is 0 Å². The van der Waals surface area contributed by atoms with E-state index in [1.54, 1.807) is 40.6 Å². The first-order valence-corrected chi connectivity index (χ1v) is 12.9. The summed E-state index contributed by atoms with van der Waals surface area (Å²) in [6.07, 6.45) is -0.744. The number of phenols is 2. The van der Waals surface area contributed by atoms with Gasteiger partial charge >= 0.3 is 0 Å². The summed E-state index contributed by atoms with van der Waals surface area (Å²) < 4.78 is 21.0. The van der Waals surface area contributed by atoms with Gasteiger partial charge in [0.15, 0.2) is 12.6 Å². The van der Waals surface area contributed by atoms with Crippen LogP contribution < -0.4 is 10.6 Å². The molecule has 1 aliphatic rings. The number of ether oxygens (including phenoxy) is 4. The Balaban J connectivity index is 1.87. The van der Waals surface area contributed by atoms with Gasteiger partial charge in [0, 0.05) is 79.1 Å². The smallest absolute Gasteiger partial charge is 0.200 e. The third-order valence-electron chi connectivity index (χ3n) is 6.87. The summed E-state index contributed by atoms with van der Waals surface area (Å²) in [5.41, 5.74) is 0.784. The van der Waals surface area contributed by atoms with E-state index in [0.717, 1.165) is 0 Å². The molecule has 12 heteroatoms. The molecule has 0 aliphatic heterocycles. The molecule has 0 radical (unpaired) electrons. The number of hydrogen-bond acceptors (Lipinski definition) is 12. The van der Waals surface area contributed by atoms with Gasteiger partial charge in [-0.05, 0) is 38.4 Å². The molecule has 2 aromatic carbocycles. The molecule has 12 nitrogen and oxygen atoms in total. The molecule has 1 aliphatic carbocycles. The van der Waals surface area contributed by atoms with Gasteiger partial charge in [-0.2, -0.15) is 0 Å². The normalized spacial score (nSPS) is 12.9. The number of nitrogens with one attached hydrogen (secondary N) is 2. The number of fused-ring (bicyclic) bond motifs is 2. The maximum absolute atomic E-state index is 13.7. The molecule has 0 bridgehead atoms. The number of benzene rings is 2. The van der Waals surface area contributed by atoms with Crippen molar-refractivity contribution in [2.45, 2.75) is 12.6 Å². The Morgan fingerprint density at radius 3 is 1.32 bits per heavy atom. The van der Waals surface area contributed by atoms with Crippen LogP contribution >= 0.6 is 0 Å². The van der Waals surface area contributed by atoms with Crippen LogP contribution in [0.5, 0.6) is 11.5 Å². The molecular formula is C28H40N4O8. The molecule has 0 amide bonds. The molecule has 3 rings (SSSR count). The topological polar surface area (TPSA) is 142 Å². The first-order chi connectivity index (χ1) is 19.2. The number of aromatic hydroxyl groups is 2. The van der Waals surface area contributed by atoms with E-state index in [-0.39, 0.29) is 46.3 Å². The molecule has 4 N–H and O–H groups in total. The zero-order valence-electron chi connectivity index (χ0n) is 23.9. The van der Waals surface area contributed by atoms with Crippen molar-refractivity contribution in [3.05, 3.63) is 46.5 Å². The Kier molecular flexibility index (Phi) is 11.3. The maximum atomic E-state index is 13.7. The van der Waals surface area contributed by atoms with Gasteiger partial charge in [0.2, 0.25) is 11.6 Å². The van der Waals surface area contributed by atoms with Crippen molar-refractivity contribution >= 4 is 22.9 Å². The van der Waals surface area contributed by atoms with Crippen LogP contribution in [0.15, 0.2) is 24.3 Å². The van der Waals surface area contributed by atoms with E-state index in [4.69, 9.17) is 18.9 Å². The van der Waals surface area contributed by atoms with Crippen LogP contribution in [0.1, 0.15) is 31.8 Å². The Labute approximate surface area is 234 Å². The minimum Gasteiger partial charge on any atom is -0.507 e. The molecule has 2 aromatic rings. The monoisotopic (exact) mass is 560 g/mol. The van der Waals surface area contributed by atoms with E-state index in [0.29, 0.717) is 50.6 Å². The fourth-order valence-corrected chi connectivity index (χ4v) is 4.60. The van der Waals surface area contributed by atoms with Gasteiger partial charge in [-0.3, -0.25) is 19.4 Å². The van der Waals surface area contributed by atoms with E-state index in [1.165, 1.54) is 12.1 Å². The third kappa shape index (κ3) is 7.08. The molecule has 0 aromatic heterocycles. The van der Waals surface area contributed by atoms with Crippen LogP contribution in [0.25, 0.3) is 0 Å². The number of methoxy groups -OCH3 is 4. The van der Waals surface area contributed by atoms with Gasteiger partial charge < -0.3 is 39.8 Å². The van der Waals surface area contributed by atoms with Gasteiger partial charge in [-0.15, -0.1) is 0 Å². The molecule has 220 valence electrons. The Morgan fingerprint density at radius 1 is 0.650 bits per heavy atom. The molecule has 0 spiro atoms. The van der Waals surface area contributed by atoms with Crippen LogP contribution in [-0.4, -0.2) is 126 Å². The van der Waals surface area contributed by atoms with Crippen molar-refractivity contribution in [1.29, 1.82) is 0 Å². The Bertz CT molecular complexity index is 1090. The highest BCUT2D eigenvalue weighted by Crippen LogP contribution is 2.42. The van der Waals surface area contributed by atoms with Crippen molar-refractivity contribution in [2.24, 2.45) is 0 Å². The standard InChI is InChI=1S/C28H40N4O8/c1-31(15-21(37-3)38-4)13-11-29-17-7-8-18(30-12-14-32(2)16-22(39-5)40-6)24-23(17)27(35)25-19(33)9-10-20(34)26(25)28(24)36/h7-10,21-22,29-30,33-34H,11-16H2,1-6H3. The predicted molar refractivity (Wildman–Crippen MR) is 151 cm³/mol. The van der Waals surface area contributed by atoms with Crippen LogP contribution in [0.4, 0.5) is 11.4 Å². The lowest BCUT2D eigenvalue weighted by atomic mass is 9.81. The number of hydrogen-bond donors (Lipinski definition) is 4. The van der Waals surface area contributed by atoms with Crippen LogP contribution in [0.2, 0.25) is 0 Å². The molecule has 0 heterocycles. The number of carbonyl (C=O) groups is 2. The Hall–Kier alpha value is -3.26. The number of ketones is 2. The van der Waals surface area contributed by atoms with E-state index in [9.17, 15) is 19.8 Å². The molecule has 0 saturated heterocycles. The summed E-state index contributed by atoms with van der Waals surface area (Å²) in [5.74, 6) is -1.81. The van der Waals surface area contributed by atoms with Gasteiger partial charge in [0.25, 0.3) is 0 Å². The number of carbonyl (C=O) groups excluding carboxylic acids is 2. The number of likely N-dealkylation sites (N-methyl/N-ethyl adjacent to an activating group) is 2. The van der Waals surface area contributed by atoms with Gasteiger partial charge in [0.05, 0.1) is 22.3 Å². The second-order valence-electron chi connectivity index (χ2n) is 9.60. The summed E-state index contributed by atoms with van der Waals surface area (Å²) in [5, 5.41) is 27.5. The third-order valence-corrected chi connectivity index (χ3v) is 6.87. The zero-order valence-corrected chi connectivity index (χ0v) is 23.9. The van der Waals surface area contributed by atoms with Gasteiger partial charge in [0.1, 0.15) is 11.5 Å². The van der Waals surface area contributed by atoms with E-state index < -0.39 is 11.6 Å². The lowest BCUT2D eigenvalue weighted by Gasteiger charge is -2.26. The van der Waals surface area contributed by atoms with E-state index in [2.05, 4.69) is 10.6 Å². The van der Waals surface area contributed by atoms with Crippen molar-refractivity contribution in [3.63, 3.8) is 0 Å². The van der Waals surface area contributed by atoms with E-state index >= 15 is 0 Å². The van der Waals surface area contributed by atoms with Gasteiger partial charge in [-0.1, -0.05) is 0 Å². The lowest BCUT2D eigenvalue weighted by Crippen LogP contribution is -2.35. The average Bonchev–Trinajstić information content (AvgIpc) is 2.94. The maximum Gasteiger partial charge on any atom is 0.200 e. The first-order valence-electron chi connectivity index (χ1n) is 12.9. The van der Waals surface area contributed by atoms with Crippen molar-refractivity contribution < 1.29 is 38.7 Å². The number of nitrogens with zero attached hydrogens (tertiary/aromatic N) is 2. The van der Waals surface area contributed by atoms with E-state index in [1.807, 2.05) is 23.9 Å². The number of anilines is 2.